The molecule has 0 spiro atoms. The van der Waals surface area contributed by atoms with E-state index in [4.69, 9.17) is 5.73 Å². The largest absolute Gasteiger partial charge is 0.384 e. The standard InChI is InChI=1S/C16H19FN4/c1-10(12-5-3-4-6-13(12)17)21(2)15-9-14(18)19-16(20-15)11-7-8-11/h3-6,9-11H,7-8H2,1-2H3,(H2,18,19,20). The molecule has 1 saturated carbocycles. The van der Waals surface area contributed by atoms with E-state index in [-0.39, 0.29) is 11.9 Å². The van der Waals surface area contributed by atoms with Crippen LogP contribution >= 0.6 is 0 Å². The Bertz CT molecular complexity index is 654. The Hall–Kier alpha value is -2.17. The van der Waals surface area contributed by atoms with Crippen LogP contribution in [0.3, 0.4) is 0 Å². The maximum absolute atomic E-state index is 13.9. The van der Waals surface area contributed by atoms with Gasteiger partial charge in [0.1, 0.15) is 23.3 Å². The van der Waals surface area contributed by atoms with Crippen molar-refractivity contribution in [3.63, 3.8) is 0 Å². The number of benzene rings is 1. The third-order valence-corrected chi connectivity index (χ3v) is 3.99. The molecule has 5 heteroatoms. The molecule has 1 aliphatic rings. The Balaban J connectivity index is 1.91. The van der Waals surface area contributed by atoms with Gasteiger partial charge in [-0.15, -0.1) is 0 Å². The fourth-order valence-electron chi connectivity index (χ4n) is 2.40. The summed E-state index contributed by atoms with van der Waals surface area (Å²) in [4.78, 5) is 10.8. The van der Waals surface area contributed by atoms with E-state index in [0.717, 1.165) is 24.5 Å². The van der Waals surface area contributed by atoms with E-state index in [9.17, 15) is 4.39 Å². The number of anilines is 2. The third kappa shape index (κ3) is 2.82. The van der Waals surface area contributed by atoms with Gasteiger partial charge in [-0.2, -0.15) is 0 Å². The van der Waals surface area contributed by atoms with Gasteiger partial charge in [0.15, 0.2) is 0 Å². The number of nitrogen functional groups attached to an aromatic ring is 1. The topological polar surface area (TPSA) is 55.0 Å². The van der Waals surface area contributed by atoms with Gasteiger partial charge < -0.3 is 10.6 Å². The molecule has 2 N–H and O–H groups in total. The molecule has 1 aromatic heterocycles. The van der Waals surface area contributed by atoms with Crippen LogP contribution in [0.1, 0.15) is 43.1 Å². The second-order valence-electron chi connectivity index (χ2n) is 5.59. The van der Waals surface area contributed by atoms with Crippen molar-refractivity contribution < 1.29 is 4.39 Å². The van der Waals surface area contributed by atoms with Crippen LogP contribution in [0, 0.1) is 5.82 Å². The smallest absolute Gasteiger partial charge is 0.136 e. The predicted octanol–water partition coefficient (Wildman–Crippen LogP) is 3.27. The van der Waals surface area contributed by atoms with E-state index in [1.165, 1.54) is 6.07 Å². The summed E-state index contributed by atoms with van der Waals surface area (Å²) in [5.74, 6) is 2.23. The molecule has 1 unspecified atom stereocenters. The van der Waals surface area contributed by atoms with E-state index in [1.54, 1.807) is 18.2 Å². The van der Waals surface area contributed by atoms with Crippen molar-refractivity contribution in [3.05, 3.63) is 47.5 Å². The zero-order chi connectivity index (χ0) is 15.0. The molecule has 2 aromatic rings. The lowest BCUT2D eigenvalue weighted by Crippen LogP contribution is -2.24. The van der Waals surface area contributed by atoms with Gasteiger partial charge in [-0.3, -0.25) is 0 Å². The summed E-state index contributed by atoms with van der Waals surface area (Å²) in [6.45, 7) is 1.95. The molecule has 0 amide bonds. The maximum atomic E-state index is 13.9. The van der Waals surface area contributed by atoms with Crippen LogP contribution in [-0.2, 0) is 0 Å². The molecule has 1 aromatic carbocycles. The number of hydrogen-bond donors (Lipinski definition) is 1. The maximum Gasteiger partial charge on any atom is 0.136 e. The van der Waals surface area contributed by atoms with Crippen LogP contribution in [0.15, 0.2) is 30.3 Å². The van der Waals surface area contributed by atoms with Crippen LogP contribution in [-0.4, -0.2) is 17.0 Å². The molecule has 3 rings (SSSR count). The summed E-state index contributed by atoms with van der Waals surface area (Å²) in [7, 11) is 1.90. The number of nitrogens with two attached hydrogens (primary N) is 1. The number of hydrogen-bond acceptors (Lipinski definition) is 4. The molecular formula is C16H19FN4. The second-order valence-corrected chi connectivity index (χ2v) is 5.59. The van der Waals surface area contributed by atoms with Gasteiger partial charge in [-0.05, 0) is 25.8 Å². The van der Waals surface area contributed by atoms with Gasteiger partial charge in [-0.25, -0.2) is 14.4 Å². The molecule has 1 fully saturated rings. The van der Waals surface area contributed by atoms with Crippen LogP contribution < -0.4 is 10.6 Å². The van der Waals surface area contributed by atoms with Crippen LogP contribution in [0.25, 0.3) is 0 Å². The van der Waals surface area contributed by atoms with Gasteiger partial charge in [0.25, 0.3) is 0 Å². The van der Waals surface area contributed by atoms with Crippen molar-refractivity contribution in [1.29, 1.82) is 0 Å². The first-order valence-electron chi connectivity index (χ1n) is 7.18. The molecule has 4 nitrogen and oxygen atoms in total. The molecular weight excluding hydrogens is 267 g/mol. The Kier molecular flexibility index (Phi) is 3.49. The highest BCUT2D eigenvalue weighted by molar-refractivity contribution is 5.49. The predicted molar refractivity (Wildman–Crippen MR) is 81.6 cm³/mol. The van der Waals surface area contributed by atoms with Crippen molar-refractivity contribution in [2.75, 3.05) is 17.7 Å². The van der Waals surface area contributed by atoms with Crippen molar-refractivity contribution in [2.24, 2.45) is 0 Å². The third-order valence-electron chi connectivity index (χ3n) is 3.99. The molecule has 0 saturated heterocycles. The van der Waals surface area contributed by atoms with Crippen LogP contribution in [0.2, 0.25) is 0 Å². The Morgan fingerprint density at radius 3 is 2.67 bits per heavy atom. The minimum absolute atomic E-state index is 0.132. The van der Waals surface area contributed by atoms with Gasteiger partial charge in [0.2, 0.25) is 0 Å². The molecule has 21 heavy (non-hydrogen) atoms. The number of nitrogens with zero attached hydrogens (tertiary/aromatic N) is 3. The lowest BCUT2D eigenvalue weighted by Gasteiger charge is -2.27. The zero-order valence-electron chi connectivity index (χ0n) is 12.3. The lowest BCUT2D eigenvalue weighted by molar-refractivity contribution is 0.583. The summed E-state index contributed by atoms with van der Waals surface area (Å²) >= 11 is 0. The van der Waals surface area contributed by atoms with Crippen molar-refractivity contribution in [3.8, 4) is 0 Å². The van der Waals surface area contributed by atoms with E-state index in [2.05, 4.69) is 9.97 Å². The summed E-state index contributed by atoms with van der Waals surface area (Å²) in [5, 5.41) is 0. The Labute approximate surface area is 123 Å². The van der Waals surface area contributed by atoms with Gasteiger partial charge in [0.05, 0.1) is 6.04 Å². The van der Waals surface area contributed by atoms with Crippen LogP contribution in [0.4, 0.5) is 16.0 Å². The van der Waals surface area contributed by atoms with Gasteiger partial charge >= 0.3 is 0 Å². The minimum atomic E-state index is -0.207. The van der Waals surface area contributed by atoms with Crippen molar-refractivity contribution in [2.45, 2.75) is 31.7 Å². The van der Waals surface area contributed by atoms with Crippen molar-refractivity contribution >= 4 is 11.6 Å². The summed E-state index contributed by atoms with van der Waals surface area (Å²) in [5.41, 5.74) is 6.52. The lowest BCUT2D eigenvalue weighted by atomic mass is 10.1. The Morgan fingerprint density at radius 1 is 1.29 bits per heavy atom. The van der Waals surface area contributed by atoms with E-state index < -0.39 is 0 Å². The summed E-state index contributed by atoms with van der Waals surface area (Å²) < 4.78 is 13.9. The van der Waals surface area contributed by atoms with E-state index >= 15 is 0 Å². The fraction of sp³-hybridized carbons (Fsp3) is 0.375. The molecule has 0 radical (unpaired) electrons. The molecule has 0 aliphatic heterocycles. The van der Waals surface area contributed by atoms with Crippen LogP contribution in [0.5, 0.6) is 0 Å². The fourth-order valence-corrected chi connectivity index (χ4v) is 2.40. The Morgan fingerprint density at radius 2 is 2.00 bits per heavy atom. The monoisotopic (exact) mass is 286 g/mol. The molecule has 0 bridgehead atoms. The molecule has 1 heterocycles. The van der Waals surface area contributed by atoms with Gasteiger partial charge in [-0.1, -0.05) is 18.2 Å². The van der Waals surface area contributed by atoms with Gasteiger partial charge in [0, 0.05) is 24.6 Å². The SMILES string of the molecule is CC(c1ccccc1F)N(C)c1cc(N)nc(C2CC2)n1. The first-order valence-corrected chi connectivity index (χ1v) is 7.18. The first kappa shape index (κ1) is 13.8. The van der Waals surface area contributed by atoms with E-state index in [0.29, 0.717) is 17.3 Å². The highest BCUT2D eigenvalue weighted by Crippen LogP contribution is 2.39. The average Bonchev–Trinajstić information content (AvgIpc) is 3.30. The highest BCUT2D eigenvalue weighted by Gasteiger charge is 2.28. The minimum Gasteiger partial charge on any atom is -0.384 e. The normalized spacial score (nSPS) is 15.8. The molecule has 110 valence electrons. The highest BCUT2D eigenvalue weighted by atomic mass is 19.1. The van der Waals surface area contributed by atoms with E-state index in [1.807, 2.05) is 24.9 Å². The zero-order valence-corrected chi connectivity index (χ0v) is 12.3. The number of aromatic nitrogens is 2. The number of halogens is 1. The first-order chi connectivity index (χ1) is 10.1. The van der Waals surface area contributed by atoms with Crippen molar-refractivity contribution in [1.82, 2.24) is 9.97 Å². The number of rotatable bonds is 4. The molecule has 1 atom stereocenters. The second kappa shape index (κ2) is 5.31. The average molecular weight is 286 g/mol. The summed E-state index contributed by atoms with van der Waals surface area (Å²) in [6, 6.07) is 8.41. The molecule has 1 aliphatic carbocycles. The summed E-state index contributed by atoms with van der Waals surface area (Å²) in [6.07, 6.45) is 2.24. The quantitative estimate of drug-likeness (QED) is 0.937.